The van der Waals surface area contributed by atoms with Crippen molar-refractivity contribution in [2.75, 3.05) is 0 Å². The van der Waals surface area contributed by atoms with E-state index >= 15 is 0 Å². The molecule has 1 aromatic rings. The molecule has 0 aliphatic rings. The number of hydrogen-bond acceptors (Lipinski definition) is 3. The van der Waals surface area contributed by atoms with Gasteiger partial charge in [-0.05, 0) is 56.7 Å². The Labute approximate surface area is 111 Å². The first-order valence-corrected chi connectivity index (χ1v) is 6.75. The fraction of sp³-hybridized carbons (Fsp3) is 0.600. The normalized spacial score (nSPS) is 16.3. The molecule has 6 N–H and O–H groups in total. The largest absolute Gasteiger partial charge is 0.328 e. The summed E-state index contributed by atoms with van der Waals surface area (Å²) in [4.78, 5) is 0. The molecule has 0 aliphatic carbocycles. The first kappa shape index (κ1) is 15.2. The second kappa shape index (κ2) is 6.88. The third kappa shape index (κ3) is 5.63. The summed E-state index contributed by atoms with van der Waals surface area (Å²) in [5, 5.41) is 0. The van der Waals surface area contributed by atoms with Crippen LogP contribution in [0, 0.1) is 0 Å². The van der Waals surface area contributed by atoms with Crippen molar-refractivity contribution in [3.8, 4) is 0 Å². The van der Waals surface area contributed by atoms with Crippen molar-refractivity contribution in [1.82, 2.24) is 0 Å². The van der Waals surface area contributed by atoms with Crippen LogP contribution >= 0.6 is 0 Å². The maximum absolute atomic E-state index is 5.88. The highest BCUT2D eigenvalue weighted by atomic mass is 14.6. The monoisotopic (exact) mass is 249 g/mol. The van der Waals surface area contributed by atoms with E-state index < -0.39 is 0 Å². The van der Waals surface area contributed by atoms with E-state index in [9.17, 15) is 0 Å². The van der Waals surface area contributed by atoms with Gasteiger partial charge in [0, 0.05) is 18.1 Å². The van der Waals surface area contributed by atoms with Crippen LogP contribution in [-0.2, 0) is 19.3 Å². The number of benzene rings is 1. The van der Waals surface area contributed by atoms with Gasteiger partial charge in [0.2, 0.25) is 0 Å². The van der Waals surface area contributed by atoms with Crippen LogP contribution in [0.3, 0.4) is 0 Å². The van der Waals surface area contributed by atoms with Crippen LogP contribution < -0.4 is 17.2 Å². The Morgan fingerprint density at radius 3 is 1.06 bits per heavy atom. The highest BCUT2D eigenvalue weighted by Gasteiger charge is 2.07. The van der Waals surface area contributed by atoms with Crippen molar-refractivity contribution in [2.24, 2.45) is 17.2 Å². The van der Waals surface area contributed by atoms with E-state index in [2.05, 4.69) is 18.2 Å². The van der Waals surface area contributed by atoms with Gasteiger partial charge in [-0.2, -0.15) is 0 Å². The molecule has 0 saturated heterocycles. The Kier molecular flexibility index (Phi) is 5.79. The highest BCUT2D eigenvalue weighted by molar-refractivity contribution is 5.32. The fourth-order valence-electron chi connectivity index (χ4n) is 2.31. The van der Waals surface area contributed by atoms with Gasteiger partial charge in [-0.25, -0.2) is 0 Å². The minimum Gasteiger partial charge on any atom is -0.328 e. The quantitative estimate of drug-likeness (QED) is 0.712. The molecule has 102 valence electrons. The Bertz CT molecular complexity index is 301. The van der Waals surface area contributed by atoms with E-state index in [1.807, 2.05) is 20.8 Å². The Hall–Kier alpha value is -0.900. The molecule has 0 fully saturated rings. The molecule has 1 aromatic carbocycles. The van der Waals surface area contributed by atoms with Gasteiger partial charge in [0.1, 0.15) is 0 Å². The summed E-state index contributed by atoms with van der Waals surface area (Å²) in [7, 11) is 0. The molecule has 0 aliphatic heterocycles. The molecule has 18 heavy (non-hydrogen) atoms. The van der Waals surface area contributed by atoms with Gasteiger partial charge in [-0.3, -0.25) is 0 Å². The van der Waals surface area contributed by atoms with Crippen LogP contribution in [-0.4, -0.2) is 18.1 Å². The zero-order chi connectivity index (χ0) is 13.7. The molecule has 0 heterocycles. The summed E-state index contributed by atoms with van der Waals surface area (Å²) in [6.45, 7) is 6.09. The summed E-state index contributed by atoms with van der Waals surface area (Å²) >= 11 is 0. The van der Waals surface area contributed by atoms with Crippen molar-refractivity contribution in [3.05, 3.63) is 34.9 Å². The third-order valence-corrected chi connectivity index (χ3v) is 2.79. The van der Waals surface area contributed by atoms with E-state index in [0.717, 1.165) is 19.3 Å². The van der Waals surface area contributed by atoms with Crippen molar-refractivity contribution in [1.29, 1.82) is 0 Å². The standard InChI is InChI=1S/C15H27N3/c1-10(16)4-13-7-14(5-11(2)17)9-15(8-13)6-12(3)18/h7-12H,4-6,16-18H2,1-3H3. The SMILES string of the molecule is CC(N)Cc1cc(CC(C)N)cc(CC(C)N)c1. The molecule has 0 bridgehead atoms. The van der Waals surface area contributed by atoms with Crippen LogP contribution in [0.15, 0.2) is 18.2 Å². The smallest absolute Gasteiger partial charge is 0.00509 e. The van der Waals surface area contributed by atoms with E-state index in [0.29, 0.717) is 0 Å². The predicted octanol–water partition coefficient (Wildman–Crippen LogP) is 1.36. The molecule has 3 atom stereocenters. The van der Waals surface area contributed by atoms with Gasteiger partial charge >= 0.3 is 0 Å². The van der Waals surface area contributed by atoms with Gasteiger partial charge in [0.15, 0.2) is 0 Å². The molecule has 3 unspecified atom stereocenters. The van der Waals surface area contributed by atoms with Crippen LogP contribution in [0.5, 0.6) is 0 Å². The lowest BCUT2D eigenvalue weighted by molar-refractivity contribution is 0.711. The second-order valence-electron chi connectivity index (χ2n) is 5.70. The number of hydrogen-bond donors (Lipinski definition) is 3. The maximum Gasteiger partial charge on any atom is 0.00509 e. The van der Waals surface area contributed by atoms with E-state index in [1.54, 1.807) is 0 Å². The van der Waals surface area contributed by atoms with E-state index in [4.69, 9.17) is 17.2 Å². The maximum atomic E-state index is 5.88. The lowest BCUT2D eigenvalue weighted by Crippen LogP contribution is -2.21. The Balaban J connectivity index is 2.95. The fourth-order valence-corrected chi connectivity index (χ4v) is 2.31. The molecule has 1 rings (SSSR count). The zero-order valence-corrected chi connectivity index (χ0v) is 11.8. The minimum atomic E-state index is 0.179. The highest BCUT2D eigenvalue weighted by Crippen LogP contribution is 2.15. The molecule has 3 heteroatoms. The lowest BCUT2D eigenvalue weighted by atomic mass is 9.95. The summed E-state index contributed by atoms with van der Waals surface area (Å²) in [5.41, 5.74) is 21.5. The van der Waals surface area contributed by atoms with Gasteiger partial charge in [0.05, 0.1) is 0 Å². The summed E-state index contributed by atoms with van der Waals surface area (Å²) in [6.07, 6.45) is 2.70. The minimum absolute atomic E-state index is 0.179. The van der Waals surface area contributed by atoms with Crippen molar-refractivity contribution in [3.63, 3.8) is 0 Å². The molecule has 0 amide bonds. The van der Waals surface area contributed by atoms with Gasteiger partial charge in [0.25, 0.3) is 0 Å². The number of nitrogens with two attached hydrogens (primary N) is 3. The van der Waals surface area contributed by atoms with Gasteiger partial charge < -0.3 is 17.2 Å². The van der Waals surface area contributed by atoms with Crippen molar-refractivity contribution >= 4 is 0 Å². The van der Waals surface area contributed by atoms with Crippen LogP contribution in [0.2, 0.25) is 0 Å². The third-order valence-electron chi connectivity index (χ3n) is 2.79. The molecule has 0 aromatic heterocycles. The van der Waals surface area contributed by atoms with Gasteiger partial charge in [-0.1, -0.05) is 18.2 Å². The van der Waals surface area contributed by atoms with Crippen LogP contribution in [0.25, 0.3) is 0 Å². The average molecular weight is 249 g/mol. The summed E-state index contributed by atoms with van der Waals surface area (Å²) in [6, 6.07) is 7.20. The molecule has 0 radical (unpaired) electrons. The summed E-state index contributed by atoms with van der Waals surface area (Å²) < 4.78 is 0. The van der Waals surface area contributed by atoms with E-state index in [1.165, 1.54) is 16.7 Å². The van der Waals surface area contributed by atoms with Crippen molar-refractivity contribution < 1.29 is 0 Å². The molecule has 0 spiro atoms. The Morgan fingerprint density at radius 1 is 0.667 bits per heavy atom. The van der Waals surface area contributed by atoms with Crippen LogP contribution in [0.1, 0.15) is 37.5 Å². The molecular formula is C15H27N3. The second-order valence-corrected chi connectivity index (χ2v) is 5.70. The summed E-state index contributed by atoms with van der Waals surface area (Å²) in [5.74, 6) is 0. The topological polar surface area (TPSA) is 78.1 Å². The van der Waals surface area contributed by atoms with Gasteiger partial charge in [-0.15, -0.1) is 0 Å². The average Bonchev–Trinajstić information content (AvgIpc) is 2.12. The zero-order valence-electron chi connectivity index (χ0n) is 11.8. The molecule has 3 nitrogen and oxygen atoms in total. The predicted molar refractivity (Wildman–Crippen MR) is 78.5 cm³/mol. The molecular weight excluding hydrogens is 222 g/mol. The van der Waals surface area contributed by atoms with Crippen molar-refractivity contribution in [2.45, 2.75) is 58.2 Å². The van der Waals surface area contributed by atoms with Crippen LogP contribution in [0.4, 0.5) is 0 Å². The molecule has 0 saturated carbocycles. The first-order chi connectivity index (χ1) is 8.36. The first-order valence-electron chi connectivity index (χ1n) is 6.75. The van der Waals surface area contributed by atoms with E-state index in [-0.39, 0.29) is 18.1 Å². The lowest BCUT2D eigenvalue weighted by Gasteiger charge is -2.14. The number of rotatable bonds is 6. The Morgan fingerprint density at radius 2 is 0.889 bits per heavy atom.